The standard InChI is InChI=1S/C26H30N2O3S/c1-16(17-9-6-5-7-10-17)27-24(30)22-19-13-12-18(26(2,3)4)15-21(19)32-25(22)28-23(29)20-11-8-14-31-20/h5-11,14,16,18H,12-13,15H2,1-4H3,(H,27,30)(H,28,29)/t16-,18-/m0/s1. The van der Waals surface area contributed by atoms with E-state index in [2.05, 4.69) is 31.4 Å². The molecule has 1 aliphatic rings. The van der Waals surface area contributed by atoms with Gasteiger partial charge in [-0.05, 0) is 60.8 Å². The number of hydrogen-bond donors (Lipinski definition) is 2. The Labute approximate surface area is 193 Å². The average Bonchev–Trinajstić information content (AvgIpc) is 3.41. The lowest BCUT2D eigenvalue weighted by Crippen LogP contribution is -2.30. The molecule has 6 heteroatoms. The SMILES string of the molecule is C[C@H](NC(=O)c1c(NC(=O)c2ccco2)sc2c1CC[C@H](C(C)(C)C)C2)c1ccccc1. The lowest BCUT2D eigenvalue weighted by molar-refractivity contribution is 0.0939. The number of furan rings is 1. The molecule has 2 amide bonds. The number of nitrogens with one attached hydrogen (secondary N) is 2. The van der Waals surface area contributed by atoms with Crippen LogP contribution in [0, 0.1) is 11.3 Å². The third kappa shape index (κ3) is 4.65. The third-order valence-corrected chi connectivity index (χ3v) is 7.51. The summed E-state index contributed by atoms with van der Waals surface area (Å²) in [4.78, 5) is 27.3. The smallest absolute Gasteiger partial charge is 0.291 e. The molecule has 2 N–H and O–H groups in total. The maximum absolute atomic E-state index is 13.4. The first-order valence-corrected chi connectivity index (χ1v) is 11.9. The van der Waals surface area contributed by atoms with Crippen LogP contribution in [-0.4, -0.2) is 11.8 Å². The molecule has 3 aromatic rings. The second kappa shape index (κ2) is 8.94. The molecule has 4 rings (SSSR count). The Morgan fingerprint density at radius 2 is 1.84 bits per heavy atom. The van der Waals surface area contributed by atoms with Gasteiger partial charge in [0, 0.05) is 4.88 Å². The highest BCUT2D eigenvalue weighted by atomic mass is 32.1. The van der Waals surface area contributed by atoms with Gasteiger partial charge in [-0.3, -0.25) is 9.59 Å². The quantitative estimate of drug-likeness (QED) is 0.484. The van der Waals surface area contributed by atoms with Crippen LogP contribution in [0.3, 0.4) is 0 Å². The molecule has 2 heterocycles. The van der Waals surface area contributed by atoms with Gasteiger partial charge >= 0.3 is 0 Å². The molecule has 0 spiro atoms. The summed E-state index contributed by atoms with van der Waals surface area (Å²) in [5.41, 5.74) is 2.91. The molecule has 1 aromatic carbocycles. The predicted molar refractivity (Wildman–Crippen MR) is 128 cm³/mol. The molecule has 0 unspecified atom stereocenters. The molecular formula is C26H30N2O3S. The zero-order chi connectivity index (χ0) is 22.9. The number of hydrogen-bond acceptors (Lipinski definition) is 4. The fourth-order valence-corrected chi connectivity index (χ4v) is 5.64. The first kappa shape index (κ1) is 22.3. The van der Waals surface area contributed by atoms with Gasteiger partial charge in [-0.2, -0.15) is 0 Å². The van der Waals surface area contributed by atoms with E-state index >= 15 is 0 Å². The monoisotopic (exact) mass is 450 g/mol. The van der Waals surface area contributed by atoms with Gasteiger partial charge in [-0.15, -0.1) is 11.3 Å². The highest BCUT2D eigenvalue weighted by Crippen LogP contribution is 2.44. The van der Waals surface area contributed by atoms with E-state index in [-0.39, 0.29) is 29.0 Å². The van der Waals surface area contributed by atoms with Crippen molar-refractivity contribution < 1.29 is 14.0 Å². The fraction of sp³-hybridized carbons (Fsp3) is 0.385. The summed E-state index contributed by atoms with van der Waals surface area (Å²) in [5.74, 6) is 0.281. The Morgan fingerprint density at radius 3 is 2.50 bits per heavy atom. The molecule has 168 valence electrons. The van der Waals surface area contributed by atoms with Crippen molar-refractivity contribution in [2.24, 2.45) is 11.3 Å². The van der Waals surface area contributed by atoms with Crippen molar-refractivity contribution in [1.29, 1.82) is 0 Å². The van der Waals surface area contributed by atoms with Crippen LogP contribution in [0.1, 0.15) is 77.1 Å². The fourth-order valence-electron chi connectivity index (χ4n) is 4.32. The second-order valence-electron chi connectivity index (χ2n) is 9.55. The number of anilines is 1. The Kier molecular flexibility index (Phi) is 6.24. The van der Waals surface area contributed by atoms with Crippen molar-refractivity contribution in [3.63, 3.8) is 0 Å². The van der Waals surface area contributed by atoms with E-state index in [1.165, 1.54) is 22.5 Å². The Bertz CT molecular complexity index is 1090. The summed E-state index contributed by atoms with van der Waals surface area (Å²) in [7, 11) is 0. The van der Waals surface area contributed by atoms with Crippen molar-refractivity contribution in [3.05, 3.63) is 76.1 Å². The molecule has 32 heavy (non-hydrogen) atoms. The molecule has 0 saturated heterocycles. The molecule has 2 atom stereocenters. The van der Waals surface area contributed by atoms with Gasteiger partial charge < -0.3 is 15.1 Å². The molecule has 2 aromatic heterocycles. The molecule has 0 saturated carbocycles. The maximum atomic E-state index is 13.4. The van der Waals surface area contributed by atoms with E-state index in [9.17, 15) is 9.59 Å². The van der Waals surface area contributed by atoms with E-state index in [0.29, 0.717) is 16.5 Å². The summed E-state index contributed by atoms with van der Waals surface area (Å²) >= 11 is 1.52. The van der Waals surface area contributed by atoms with Crippen LogP contribution in [-0.2, 0) is 12.8 Å². The van der Waals surface area contributed by atoms with Crippen molar-refractivity contribution in [2.45, 2.75) is 53.0 Å². The van der Waals surface area contributed by atoms with E-state index in [0.717, 1.165) is 30.4 Å². The van der Waals surface area contributed by atoms with Crippen molar-refractivity contribution in [3.8, 4) is 0 Å². The number of benzene rings is 1. The first-order valence-electron chi connectivity index (χ1n) is 11.1. The highest BCUT2D eigenvalue weighted by Gasteiger charge is 2.34. The largest absolute Gasteiger partial charge is 0.459 e. The maximum Gasteiger partial charge on any atom is 0.291 e. The minimum Gasteiger partial charge on any atom is -0.459 e. The molecule has 5 nitrogen and oxygen atoms in total. The molecule has 0 fully saturated rings. The summed E-state index contributed by atoms with van der Waals surface area (Å²) in [6, 6.07) is 13.1. The molecular weight excluding hydrogens is 420 g/mol. The van der Waals surface area contributed by atoms with Crippen LogP contribution in [0.15, 0.2) is 53.1 Å². The van der Waals surface area contributed by atoms with E-state index in [4.69, 9.17) is 4.42 Å². The molecule has 0 aliphatic heterocycles. The minimum atomic E-state index is -0.342. The van der Waals surface area contributed by atoms with Crippen molar-refractivity contribution >= 4 is 28.2 Å². The van der Waals surface area contributed by atoms with Gasteiger partial charge in [-0.1, -0.05) is 51.1 Å². The third-order valence-electron chi connectivity index (χ3n) is 6.34. The number of carbonyl (C=O) groups excluding carboxylic acids is 2. The number of carbonyl (C=O) groups is 2. The zero-order valence-corrected chi connectivity index (χ0v) is 19.8. The van der Waals surface area contributed by atoms with Crippen LogP contribution in [0.5, 0.6) is 0 Å². The van der Waals surface area contributed by atoms with E-state index in [1.54, 1.807) is 12.1 Å². The molecule has 0 bridgehead atoms. The van der Waals surface area contributed by atoms with Crippen LogP contribution in [0.4, 0.5) is 5.00 Å². The number of fused-ring (bicyclic) bond motifs is 1. The Morgan fingerprint density at radius 1 is 1.09 bits per heavy atom. The van der Waals surface area contributed by atoms with Gasteiger partial charge in [0.25, 0.3) is 11.8 Å². The van der Waals surface area contributed by atoms with Crippen LogP contribution in [0.2, 0.25) is 0 Å². The summed E-state index contributed by atoms with van der Waals surface area (Å²) in [6.07, 6.45) is 4.27. The molecule has 0 radical (unpaired) electrons. The summed E-state index contributed by atoms with van der Waals surface area (Å²) < 4.78 is 5.25. The van der Waals surface area contributed by atoms with Gasteiger partial charge in [0.05, 0.1) is 17.9 Å². The number of rotatable bonds is 5. The zero-order valence-electron chi connectivity index (χ0n) is 19.0. The summed E-state index contributed by atoms with van der Waals surface area (Å²) in [6.45, 7) is 8.78. The van der Waals surface area contributed by atoms with Crippen LogP contribution < -0.4 is 10.6 Å². The number of amides is 2. The average molecular weight is 451 g/mol. The Balaban J connectivity index is 1.65. The van der Waals surface area contributed by atoms with Gasteiger partial charge in [0.15, 0.2) is 5.76 Å². The lowest BCUT2D eigenvalue weighted by Gasteiger charge is -2.34. The number of thiophene rings is 1. The van der Waals surface area contributed by atoms with E-state index < -0.39 is 0 Å². The van der Waals surface area contributed by atoms with Crippen molar-refractivity contribution in [1.82, 2.24) is 5.32 Å². The lowest BCUT2D eigenvalue weighted by atomic mass is 9.72. The second-order valence-corrected chi connectivity index (χ2v) is 10.7. The van der Waals surface area contributed by atoms with Gasteiger partial charge in [-0.25, -0.2) is 0 Å². The van der Waals surface area contributed by atoms with Gasteiger partial charge in [0.1, 0.15) is 5.00 Å². The highest BCUT2D eigenvalue weighted by molar-refractivity contribution is 7.17. The van der Waals surface area contributed by atoms with Crippen LogP contribution >= 0.6 is 11.3 Å². The van der Waals surface area contributed by atoms with Gasteiger partial charge in [0.2, 0.25) is 0 Å². The predicted octanol–water partition coefficient (Wildman–Crippen LogP) is 6.24. The van der Waals surface area contributed by atoms with Crippen LogP contribution in [0.25, 0.3) is 0 Å². The normalized spacial score (nSPS) is 16.8. The topological polar surface area (TPSA) is 71.3 Å². The minimum absolute atomic E-state index is 0.140. The first-order chi connectivity index (χ1) is 15.2. The summed E-state index contributed by atoms with van der Waals surface area (Å²) in [5, 5.41) is 6.67. The van der Waals surface area contributed by atoms with Crippen molar-refractivity contribution in [2.75, 3.05) is 5.32 Å². The molecule has 1 aliphatic carbocycles. The Hall–Kier alpha value is -2.86. The van der Waals surface area contributed by atoms with E-state index in [1.807, 2.05) is 37.3 Å².